The third-order valence-electron chi connectivity index (χ3n) is 5.00. The monoisotopic (exact) mass is 392 g/mol. The van der Waals surface area contributed by atoms with E-state index in [1.807, 2.05) is 67.6 Å². The fraction of sp³-hybridized carbons (Fsp3) is 0.360. The van der Waals surface area contributed by atoms with Crippen LogP contribution in [0.3, 0.4) is 0 Å². The van der Waals surface area contributed by atoms with Gasteiger partial charge in [0.15, 0.2) is 0 Å². The molecule has 154 valence electrons. The molecule has 29 heavy (non-hydrogen) atoms. The first-order valence-electron chi connectivity index (χ1n) is 10.4. The van der Waals surface area contributed by atoms with Crippen molar-refractivity contribution in [1.82, 2.24) is 5.32 Å². The Hall–Kier alpha value is -2.88. The molecule has 0 saturated carbocycles. The third-order valence-corrected chi connectivity index (χ3v) is 5.00. The highest BCUT2D eigenvalue weighted by Gasteiger charge is 2.28. The average molecular weight is 393 g/mol. The van der Waals surface area contributed by atoms with E-state index in [4.69, 9.17) is 0 Å². The summed E-state index contributed by atoms with van der Waals surface area (Å²) in [5, 5.41) is 2.95. The smallest absolute Gasteiger partial charge is 0.243 e. The van der Waals surface area contributed by atoms with Crippen molar-refractivity contribution >= 4 is 23.1 Å². The molecule has 1 atom stereocenters. The molecular weight excluding hydrogens is 360 g/mol. The molecule has 2 aromatic carbocycles. The van der Waals surface area contributed by atoms with Crippen molar-refractivity contribution in [1.29, 1.82) is 0 Å². The van der Waals surface area contributed by atoms with Gasteiger partial charge in [-0.1, -0.05) is 80.8 Å². The zero-order valence-corrected chi connectivity index (χ0v) is 17.7. The number of para-hydroxylation sites is 1. The summed E-state index contributed by atoms with van der Waals surface area (Å²) in [4.78, 5) is 27.7. The maximum Gasteiger partial charge on any atom is 0.243 e. The lowest BCUT2D eigenvalue weighted by molar-refractivity contribution is -0.131. The van der Waals surface area contributed by atoms with Gasteiger partial charge in [-0.15, -0.1) is 0 Å². The fourth-order valence-electron chi connectivity index (χ4n) is 3.17. The Kier molecular flexibility index (Phi) is 9.16. The summed E-state index contributed by atoms with van der Waals surface area (Å²) in [6, 6.07) is 19.2. The molecule has 0 spiro atoms. The molecule has 0 radical (unpaired) electrons. The summed E-state index contributed by atoms with van der Waals surface area (Å²) < 4.78 is 0. The van der Waals surface area contributed by atoms with E-state index in [-0.39, 0.29) is 11.8 Å². The lowest BCUT2D eigenvalue weighted by Crippen LogP contribution is -2.41. The second kappa shape index (κ2) is 11.8. The quantitative estimate of drug-likeness (QED) is 0.453. The molecule has 4 heteroatoms. The molecule has 0 aromatic heterocycles. The summed E-state index contributed by atoms with van der Waals surface area (Å²) in [7, 11) is 1.71. The number of nitrogens with zero attached hydrogens (tertiary/aromatic N) is 1. The summed E-state index contributed by atoms with van der Waals surface area (Å²) >= 11 is 0. The number of benzene rings is 2. The molecule has 1 unspecified atom stereocenters. The zero-order valence-electron chi connectivity index (χ0n) is 17.7. The summed E-state index contributed by atoms with van der Waals surface area (Å²) in [6.07, 6.45) is 6.09. The predicted molar refractivity (Wildman–Crippen MR) is 121 cm³/mol. The molecule has 0 heterocycles. The van der Waals surface area contributed by atoms with E-state index in [0.29, 0.717) is 6.54 Å². The van der Waals surface area contributed by atoms with Crippen LogP contribution < -0.4 is 10.2 Å². The van der Waals surface area contributed by atoms with E-state index >= 15 is 0 Å². The molecule has 0 saturated heterocycles. The summed E-state index contributed by atoms with van der Waals surface area (Å²) in [5.41, 5.74) is 2.68. The SMILES string of the molecule is CCCCCCNC(=O)C(/C=C(\C)c1ccccc1)C(=O)N(C)c1ccccc1. The molecule has 2 amide bonds. The normalized spacial score (nSPS) is 12.3. The van der Waals surface area contributed by atoms with Crippen LogP contribution in [0.4, 0.5) is 5.69 Å². The first-order valence-corrected chi connectivity index (χ1v) is 10.4. The highest BCUT2D eigenvalue weighted by Crippen LogP contribution is 2.20. The predicted octanol–water partition coefficient (Wildman–Crippen LogP) is 5.07. The van der Waals surface area contributed by atoms with Gasteiger partial charge in [-0.05, 0) is 36.6 Å². The minimum atomic E-state index is -0.869. The van der Waals surface area contributed by atoms with Crippen LogP contribution in [0.25, 0.3) is 5.57 Å². The first kappa shape index (κ1) is 22.4. The Balaban J connectivity index is 2.20. The number of hydrogen-bond acceptors (Lipinski definition) is 2. The molecule has 0 aliphatic heterocycles. The van der Waals surface area contributed by atoms with E-state index in [9.17, 15) is 9.59 Å². The molecule has 0 aliphatic rings. The van der Waals surface area contributed by atoms with Crippen molar-refractivity contribution < 1.29 is 9.59 Å². The van der Waals surface area contributed by atoms with Gasteiger partial charge in [0.05, 0.1) is 0 Å². The van der Waals surface area contributed by atoms with Crippen molar-refractivity contribution in [3.63, 3.8) is 0 Å². The molecule has 0 aliphatic carbocycles. The Bertz CT molecular complexity index is 800. The van der Waals surface area contributed by atoms with E-state index in [2.05, 4.69) is 12.2 Å². The minimum Gasteiger partial charge on any atom is -0.355 e. The number of amides is 2. The standard InChI is InChI=1S/C25H32N2O2/c1-4-5-6-13-18-26-24(28)23(19-20(2)21-14-9-7-10-15-21)25(29)27(3)22-16-11-8-12-17-22/h7-12,14-17,19,23H,4-6,13,18H2,1-3H3,(H,26,28)/b20-19+. The van der Waals surface area contributed by atoms with Crippen LogP contribution in [0.5, 0.6) is 0 Å². The largest absolute Gasteiger partial charge is 0.355 e. The first-order chi connectivity index (χ1) is 14.0. The van der Waals surface area contributed by atoms with Gasteiger partial charge in [-0.2, -0.15) is 0 Å². The molecule has 0 fully saturated rings. The molecule has 0 bridgehead atoms. The number of carbonyl (C=O) groups excluding carboxylic acids is 2. The van der Waals surface area contributed by atoms with Crippen LogP contribution in [0.1, 0.15) is 45.1 Å². The lowest BCUT2D eigenvalue weighted by Gasteiger charge is -2.22. The highest BCUT2D eigenvalue weighted by atomic mass is 16.2. The van der Waals surface area contributed by atoms with Crippen molar-refractivity contribution in [2.45, 2.75) is 39.5 Å². The third kappa shape index (κ3) is 6.90. The van der Waals surface area contributed by atoms with Gasteiger partial charge in [0.2, 0.25) is 11.8 Å². The van der Waals surface area contributed by atoms with Crippen LogP contribution in [0.2, 0.25) is 0 Å². The second-order valence-corrected chi connectivity index (χ2v) is 7.28. The van der Waals surface area contributed by atoms with Gasteiger partial charge in [-0.25, -0.2) is 0 Å². The number of anilines is 1. The highest BCUT2D eigenvalue weighted by molar-refractivity contribution is 6.09. The number of unbranched alkanes of at least 4 members (excludes halogenated alkanes) is 3. The Morgan fingerprint density at radius 3 is 2.21 bits per heavy atom. The van der Waals surface area contributed by atoms with E-state index in [1.54, 1.807) is 18.0 Å². The minimum absolute atomic E-state index is 0.238. The van der Waals surface area contributed by atoms with Crippen LogP contribution in [0.15, 0.2) is 66.7 Å². The average Bonchev–Trinajstić information content (AvgIpc) is 2.77. The maximum atomic E-state index is 13.2. The van der Waals surface area contributed by atoms with Gasteiger partial charge < -0.3 is 10.2 Å². The lowest BCUT2D eigenvalue weighted by atomic mass is 9.98. The maximum absolute atomic E-state index is 13.2. The topological polar surface area (TPSA) is 49.4 Å². The van der Waals surface area contributed by atoms with Crippen LogP contribution in [-0.2, 0) is 9.59 Å². The fourth-order valence-corrected chi connectivity index (χ4v) is 3.17. The van der Waals surface area contributed by atoms with E-state index < -0.39 is 5.92 Å². The number of nitrogens with one attached hydrogen (secondary N) is 1. The molecule has 1 N–H and O–H groups in total. The number of rotatable bonds is 10. The number of hydrogen-bond donors (Lipinski definition) is 1. The Morgan fingerprint density at radius 2 is 1.59 bits per heavy atom. The van der Waals surface area contributed by atoms with E-state index in [0.717, 1.165) is 42.5 Å². The Labute approximate surface area is 174 Å². The second-order valence-electron chi connectivity index (χ2n) is 7.28. The van der Waals surface area contributed by atoms with Crippen LogP contribution in [0, 0.1) is 5.92 Å². The van der Waals surface area contributed by atoms with Gasteiger partial charge in [0.1, 0.15) is 5.92 Å². The van der Waals surface area contributed by atoms with Gasteiger partial charge in [0, 0.05) is 19.3 Å². The van der Waals surface area contributed by atoms with Gasteiger partial charge in [-0.3, -0.25) is 9.59 Å². The molecule has 2 aromatic rings. The Morgan fingerprint density at radius 1 is 0.966 bits per heavy atom. The molecule has 4 nitrogen and oxygen atoms in total. The summed E-state index contributed by atoms with van der Waals surface area (Å²) in [6.45, 7) is 4.69. The van der Waals surface area contributed by atoms with Crippen LogP contribution >= 0.6 is 0 Å². The van der Waals surface area contributed by atoms with Crippen molar-refractivity contribution in [3.05, 3.63) is 72.3 Å². The van der Waals surface area contributed by atoms with Gasteiger partial charge >= 0.3 is 0 Å². The van der Waals surface area contributed by atoms with Gasteiger partial charge in [0.25, 0.3) is 0 Å². The zero-order chi connectivity index (χ0) is 21.1. The van der Waals surface area contributed by atoms with Crippen molar-refractivity contribution in [2.75, 3.05) is 18.5 Å². The van der Waals surface area contributed by atoms with Crippen molar-refractivity contribution in [3.8, 4) is 0 Å². The van der Waals surface area contributed by atoms with Crippen molar-refractivity contribution in [2.24, 2.45) is 5.92 Å². The molecule has 2 rings (SSSR count). The van der Waals surface area contributed by atoms with E-state index in [1.165, 1.54) is 0 Å². The molecular formula is C25H32N2O2. The van der Waals surface area contributed by atoms with Crippen LogP contribution in [-0.4, -0.2) is 25.4 Å². The number of carbonyl (C=O) groups is 2. The number of allylic oxidation sites excluding steroid dienone is 1. The summed E-state index contributed by atoms with van der Waals surface area (Å²) in [5.74, 6) is -1.35.